The Morgan fingerprint density at radius 2 is 1.12 bits per heavy atom. The van der Waals surface area contributed by atoms with Crippen LogP contribution in [0.2, 0.25) is 0 Å². The number of benzene rings is 2. The number of para-hydroxylation sites is 2. The highest BCUT2D eigenvalue weighted by Gasteiger charge is 2.00. The fourth-order valence-electron chi connectivity index (χ4n) is 2.64. The number of hydrogen-bond donors (Lipinski definition) is 0. The van der Waals surface area contributed by atoms with Gasteiger partial charge in [-0.05, 0) is 48.2 Å². The van der Waals surface area contributed by atoms with E-state index in [4.69, 9.17) is 0 Å². The van der Waals surface area contributed by atoms with Crippen LogP contribution < -0.4 is 0 Å². The number of aliphatic imine (C=N–C) groups is 2. The van der Waals surface area contributed by atoms with Gasteiger partial charge < -0.3 is 0 Å². The summed E-state index contributed by atoms with van der Waals surface area (Å²) < 4.78 is 0. The van der Waals surface area contributed by atoms with Crippen LogP contribution in [0.1, 0.15) is 34.7 Å². The molecule has 1 aromatic heterocycles. The molecule has 126 valence electrons. The maximum atomic E-state index is 4.65. The zero-order chi connectivity index (χ0) is 17.5. The van der Waals surface area contributed by atoms with Crippen LogP contribution in [0.25, 0.3) is 0 Å². The number of thiophene rings is 1. The van der Waals surface area contributed by atoms with Gasteiger partial charge in [-0.25, -0.2) is 0 Å². The molecule has 0 aliphatic carbocycles. The van der Waals surface area contributed by atoms with Gasteiger partial charge in [0.05, 0.1) is 11.4 Å². The Hall–Kier alpha value is -2.52. The van der Waals surface area contributed by atoms with Gasteiger partial charge in [0.25, 0.3) is 0 Å². The van der Waals surface area contributed by atoms with E-state index in [1.165, 1.54) is 11.1 Å². The molecule has 2 nitrogen and oxygen atoms in total. The third-order valence-corrected chi connectivity index (χ3v) is 5.01. The Balaban J connectivity index is 1.74. The molecule has 0 radical (unpaired) electrons. The highest BCUT2D eigenvalue weighted by molar-refractivity contribution is 7.15. The Morgan fingerprint density at radius 3 is 1.56 bits per heavy atom. The molecule has 0 bridgehead atoms. The maximum Gasteiger partial charge on any atom is 0.0662 e. The third-order valence-electron chi connectivity index (χ3n) is 4.05. The van der Waals surface area contributed by atoms with Crippen molar-refractivity contribution in [2.75, 3.05) is 0 Å². The molecule has 3 rings (SSSR count). The lowest BCUT2D eigenvalue weighted by molar-refractivity contribution is 1.13. The standard InChI is InChI=1S/C22H22N2S/c1-3-17-9-5-7-11-21(17)23-15-19-13-14-20(25-19)16-24-22-12-8-6-10-18(22)4-2/h5-16H,3-4H2,1-2H3. The number of aryl methyl sites for hydroxylation is 2. The highest BCUT2D eigenvalue weighted by Crippen LogP contribution is 2.22. The van der Waals surface area contributed by atoms with Crippen molar-refractivity contribution in [1.29, 1.82) is 0 Å². The lowest BCUT2D eigenvalue weighted by atomic mass is 10.1. The molecule has 0 amide bonds. The Morgan fingerprint density at radius 1 is 0.680 bits per heavy atom. The van der Waals surface area contributed by atoms with Crippen molar-refractivity contribution in [2.45, 2.75) is 26.7 Å². The second kappa shape index (κ2) is 8.54. The van der Waals surface area contributed by atoms with Gasteiger partial charge >= 0.3 is 0 Å². The van der Waals surface area contributed by atoms with Crippen molar-refractivity contribution in [3.63, 3.8) is 0 Å². The molecule has 0 N–H and O–H groups in total. The molecule has 0 unspecified atom stereocenters. The zero-order valence-corrected chi connectivity index (χ0v) is 15.5. The Labute approximate surface area is 153 Å². The minimum atomic E-state index is 0.993. The molecule has 0 saturated carbocycles. The first kappa shape index (κ1) is 17.3. The molecule has 0 atom stereocenters. The quantitative estimate of drug-likeness (QED) is 0.463. The van der Waals surface area contributed by atoms with E-state index < -0.39 is 0 Å². The van der Waals surface area contributed by atoms with E-state index in [0.717, 1.165) is 34.0 Å². The number of nitrogens with zero attached hydrogens (tertiary/aromatic N) is 2. The summed E-state index contributed by atoms with van der Waals surface area (Å²) in [5.41, 5.74) is 4.64. The van der Waals surface area contributed by atoms with Gasteiger partial charge in [0, 0.05) is 22.2 Å². The molecule has 3 heteroatoms. The number of hydrogen-bond acceptors (Lipinski definition) is 3. The van der Waals surface area contributed by atoms with Gasteiger partial charge in [0.1, 0.15) is 0 Å². The van der Waals surface area contributed by atoms with Crippen molar-refractivity contribution in [3.05, 3.63) is 81.5 Å². The van der Waals surface area contributed by atoms with E-state index in [1.54, 1.807) is 11.3 Å². The van der Waals surface area contributed by atoms with E-state index in [1.807, 2.05) is 24.6 Å². The van der Waals surface area contributed by atoms with E-state index in [9.17, 15) is 0 Å². The summed E-state index contributed by atoms with van der Waals surface area (Å²) in [7, 11) is 0. The maximum absolute atomic E-state index is 4.65. The first-order valence-corrected chi connectivity index (χ1v) is 9.45. The van der Waals surface area contributed by atoms with Gasteiger partial charge in [0.2, 0.25) is 0 Å². The fourth-order valence-corrected chi connectivity index (χ4v) is 3.40. The van der Waals surface area contributed by atoms with Crippen LogP contribution >= 0.6 is 11.3 Å². The Bertz CT molecular complexity index is 818. The second-order valence-electron chi connectivity index (χ2n) is 5.72. The monoisotopic (exact) mass is 346 g/mol. The summed E-state index contributed by atoms with van der Waals surface area (Å²) in [6, 6.07) is 20.8. The largest absolute Gasteiger partial charge is 0.255 e. The van der Waals surface area contributed by atoms with Crippen LogP contribution in [0, 0.1) is 0 Å². The average Bonchev–Trinajstić information content (AvgIpc) is 3.13. The van der Waals surface area contributed by atoms with Gasteiger partial charge in [-0.15, -0.1) is 11.3 Å². The fraction of sp³-hybridized carbons (Fsp3) is 0.182. The lowest BCUT2D eigenvalue weighted by Gasteiger charge is -2.00. The second-order valence-corrected chi connectivity index (χ2v) is 6.87. The van der Waals surface area contributed by atoms with E-state index >= 15 is 0 Å². The average molecular weight is 346 g/mol. The summed E-state index contributed by atoms with van der Waals surface area (Å²) in [6.45, 7) is 4.31. The molecule has 1 heterocycles. The minimum Gasteiger partial charge on any atom is -0.255 e. The van der Waals surface area contributed by atoms with Crippen LogP contribution in [-0.4, -0.2) is 12.4 Å². The molecule has 25 heavy (non-hydrogen) atoms. The molecule has 0 fully saturated rings. The first-order valence-electron chi connectivity index (χ1n) is 8.64. The smallest absolute Gasteiger partial charge is 0.0662 e. The van der Waals surface area contributed by atoms with Crippen LogP contribution in [0.5, 0.6) is 0 Å². The highest BCUT2D eigenvalue weighted by atomic mass is 32.1. The minimum absolute atomic E-state index is 0.993. The summed E-state index contributed by atoms with van der Waals surface area (Å²) in [5, 5.41) is 0. The van der Waals surface area contributed by atoms with Gasteiger partial charge in [-0.3, -0.25) is 9.98 Å². The van der Waals surface area contributed by atoms with Crippen LogP contribution in [-0.2, 0) is 12.8 Å². The van der Waals surface area contributed by atoms with E-state index in [0.29, 0.717) is 0 Å². The van der Waals surface area contributed by atoms with Crippen molar-refractivity contribution < 1.29 is 0 Å². The summed E-state index contributed by atoms with van der Waals surface area (Å²) in [5.74, 6) is 0. The molecule has 0 aliphatic rings. The molecular weight excluding hydrogens is 324 g/mol. The van der Waals surface area contributed by atoms with Crippen LogP contribution in [0.4, 0.5) is 11.4 Å². The third kappa shape index (κ3) is 4.52. The molecule has 0 aliphatic heterocycles. The lowest BCUT2D eigenvalue weighted by Crippen LogP contribution is -1.81. The topological polar surface area (TPSA) is 24.7 Å². The predicted octanol–water partition coefficient (Wildman–Crippen LogP) is 6.37. The first-order chi connectivity index (χ1) is 12.3. The van der Waals surface area contributed by atoms with Crippen molar-refractivity contribution in [2.24, 2.45) is 9.98 Å². The summed E-state index contributed by atoms with van der Waals surface area (Å²) >= 11 is 1.70. The number of rotatable bonds is 6. The molecular formula is C22H22N2S. The van der Waals surface area contributed by atoms with Crippen LogP contribution in [0.3, 0.4) is 0 Å². The van der Waals surface area contributed by atoms with Crippen molar-refractivity contribution in [3.8, 4) is 0 Å². The van der Waals surface area contributed by atoms with Crippen LogP contribution in [0.15, 0.2) is 70.6 Å². The normalized spacial score (nSPS) is 11.6. The van der Waals surface area contributed by atoms with Gasteiger partial charge in [0.15, 0.2) is 0 Å². The van der Waals surface area contributed by atoms with Crippen molar-refractivity contribution in [1.82, 2.24) is 0 Å². The SMILES string of the molecule is CCc1ccccc1N=Cc1ccc(C=Nc2ccccc2CC)s1. The van der Waals surface area contributed by atoms with E-state index in [-0.39, 0.29) is 0 Å². The summed E-state index contributed by atoms with van der Waals surface area (Å²) in [4.78, 5) is 11.6. The van der Waals surface area contributed by atoms with Gasteiger partial charge in [-0.1, -0.05) is 50.2 Å². The Kier molecular flexibility index (Phi) is 5.91. The molecule has 0 spiro atoms. The van der Waals surface area contributed by atoms with Gasteiger partial charge in [-0.2, -0.15) is 0 Å². The summed E-state index contributed by atoms with van der Waals surface area (Å²) in [6.07, 6.45) is 5.87. The van der Waals surface area contributed by atoms with Crippen molar-refractivity contribution >= 4 is 35.1 Å². The predicted molar refractivity (Wildman–Crippen MR) is 110 cm³/mol. The molecule has 2 aromatic carbocycles. The zero-order valence-electron chi connectivity index (χ0n) is 14.6. The van der Waals surface area contributed by atoms with E-state index in [2.05, 4.69) is 72.4 Å². The molecule has 0 saturated heterocycles. The molecule has 3 aromatic rings.